The number of rotatable bonds is 6. The smallest absolute Gasteiger partial charge is 0.213 e. The van der Waals surface area contributed by atoms with Gasteiger partial charge in [-0.2, -0.15) is 0 Å². The zero-order valence-electron chi connectivity index (χ0n) is 20.7. The summed E-state index contributed by atoms with van der Waals surface area (Å²) in [5, 5.41) is 1.12. The number of ether oxygens (including phenoxy) is 1. The lowest BCUT2D eigenvalue weighted by atomic mass is 9.92. The third kappa shape index (κ3) is 4.87. The van der Waals surface area contributed by atoms with Crippen LogP contribution < -0.4 is 10.5 Å². The van der Waals surface area contributed by atoms with Gasteiger partial charge in [0.1, 0.15) is 6.61 Å². The van der Waals surface area contributed by atoms with Crippen molar-refractivity contribution in [3.63, 3.8) is 0 Å². The maximum Gasteiger partial charge on any atom is 0.213 e. The molecule has 1 unspecified atom stereocenters. The average Bonchev–Trinajstić information content (AvgIpc) is 3.09. The van der Waals surface area contributed by atoms with Crippen LogP contribution in [0.1, 0.15) is 28.3 Å². The monoisotopic (exact) mass is 478 g/mol. The number of hydrogen-bond acceptors (Lipinski definition) is 5. The number of fused-ring (bicyclic) bond motifs is 3. The lowest BCUT2D eigenvalue weighted by molar-refractivity contribution is 0.0992. The van der Waals surface area contributed by atoms with Crippen molar-refractivity contribution in [2.75, 3.05) is 39.3 Å². The highest BCUT2D eigenvalue weighted by molar-refractivity contribution is 5.78. The molecule has 2 aliphatic rings. The summed E-state index contributed by atoms with van der Waals surface area (Å²) in [6.07, 6.45) is 2.23. The standard InChI is InChI=1S/C31H34N4O/c32-26(22-36-30-16-15-25-9-3-6-12-29(25)33-30)21-34-17-19-35(20-18-34)31-27-10-4-1-7-23(27)13-14-24-8-2-5-11-28(24)31/h1-12,15-16,26,31H,13-14,17-22,32H2. The van der Waals surface area contributed by atoms with E-state index in [1.807, 2.05) is 30.3 Å². The highest BCUT2D eigenvalue weighted by atomic mass is 16.5. The van der Waals surface area contributed by atoms with Gasteiger partial charge in [-0.25, -0.2) is 4.98 Å². The molecule has 4 aromatic rings. The van der Waals surface area contributed by atoms with E-state index in [2.05, 4.69) is 69.4 Å². The molecule has 5 nitrogen and oxygen atoms in total. The van der Waals surface area contributed by atoms with Crippen LogP contribution in [-0.4, -0.2) is 60.2 Å². The Labute approximate surface area is 213 Å². The molecule has 1 saturated heterocycles. The van der Waals surface area contributed by atoms with Gasteiger partial charge in [-0.1, -0.05) is 66.7 Å². The van der Waals surface area contributed by atoms with Gasteiger partial charge in [0.2, 0.25) is 5.88 Å². The van der Waals surface area contributed by atoms with Crippen LogP contribution in [0, 0.1) is 0 Å². The molecule has 1 fully saturated rings. The van der Waals surface area contributed by atoms with E-state index in [0.29, 0.717) is 18.5 Å². The maximum absolute atomic E-state index is 6.48. The van der Waals surface area contributed by atoms with Crippen LogP contribution in [0.25, 0.3) is 10.9 Å². The molecule has 2 N–H and O–H groups in total. The van der Waals surface area contributed by atoms with Gasteiger partial charge in [0.25, 0.3) is 0 Å². The van der Waals surface area contributed by atoms with E-state index in [4.69, 9.17) is 10.5 Å². The quantitative estimate of drug-likeness (QED) is 0.444. The molecule has 1 aromatic heterocycles. The highest BCUT2D eigenvalue weighted by Gasteiger charge is 2.31. The second-order valence-electron chi connectivity index (χ2n) is 10.1. The minimum atomic E-state index is -0.0517. The summed E-state index contributed by atoms with van der Waals surface area (Å²) in [5.74, 6) is 0.639. The molecule has 0 radical (unpaired) electrons. The number of aromatic nitrogens is 1. The molecule has 2 heterocycles. The van der Waals surface area contributed by atoms with Crippen molar-refractivity contribution in [3.8, 4) is 5.88 Å². The van der Waals surface area contributed by atoms with E-state index in [1.165, 1.54) is 22.3 Å². The molecule has 5 heteroatoms. The van der Waals surface area contributed by atoms with Gasteiger partial charge < -0.3 is 10.5 Å². The normalized spacial score (nSPS) is 17.8. The first kappa shape index (κ1) is 23.2. The fourth-order valence-corrected chi connectivity index (χ4v) is 5.80. The van der Waals surface area contributed by atoms with Gasteiger partial charge >= 0.3 is 0 Å². The molecule has 0 saturated carbocycles. The van der Waals surface area contributed by atoms with Gasteiger partial charge in [0, 0.05) is 44.2 Å². The Hall–Kier alpha value is -3.25. The number of pyridine rings is 1. The number of aryl methyl sites for hydroxylation is 2. The number of hydrogen-bond donors (Lipinski definition) is 1. The number of benzene rings is 3. The minimum absolute atomic E-state index is 0.0517. The van der Waals surface area contributed by atoms with Crippen molar-refractivity contribution in [2.45, 2.75) is 24.9 Å². The first-order valence-corrected chi connectivity index (χ1v) is 13.1. The Morgan fingerprint density at radius 1 is 0.778 bits per heavy atom. The summed E-state index contributed by atoms with van der Waals surface area (Å²) < 4.78 is 5.95. The predicted molar refractivity (Wildman–Crippen MR) is 145 cm³/mol. The first-order valence-electron chi connectivity index (χ1n) is 13.1. The Morgan fingerprint density at radius 2 is 1.42 bits per heavy atom. The third-order valence-corrected chi connectivity index (χ3v) is 7.65. The molecule has 0 amide bonds. The van der Waals surface area contributed by atoms with Crippen molar-refractivity contribution in [1.29, 1.82) is 0 Å². The van der Waals surface area contributed by atoms with Crippen molar-refractivity contribution < 1.29 is 4.74 Å². The molecule has 0 bridgehead atoms. The maximum atomic E-state index is 6.48. The van der Waals surface area contributed by atoms with Crippen LogP contribution >= 0.6 is 0 Å². The van der Waals surface area contributed by atoms with Crippen LogP contribution in [0.4, 0.5) is 0 Å². The Bertz CT molecular complexity index is 1280. The summed E-state index contributed by atoms with van der Waals surface area (Å²) in [6, 6.07) is 30.4. The molecule has 36 heavy (non-hydrogen) atoms. The predicted octanol–water partition coefficient (Wildman–Crippen LogP) is 4.45. The summed E-state index contributed by atoms with van der Waals surface area (Å²) in [4.78, 5) is 9.75. The Balaban J connectivity index is 1.08. The zero-order chi connectivity index (χ0) is 24.3. The largest absolute Gasteiger partial charge is 0.476 e. The van der Waals surface area contributed by atoms with E-state index in [1.54, 1.807) is 0 Å². The topological polar surface area (TPSA) is 54.6 Å². The van der Waals surface area contributed by atoms with Gasteiger partial charge in [0.05, 0.1) is 17.6 Å². The number of nitrogens with two attached hydrogens (primary N) is 1. The zero-order valence-corrected chi connectivity index (χ0v) is 20.7. The fourth-order valence-electron chi connectivity index (χ4n) is 5.80. The molecule has 6 rings (SSSR count). The second-order valence-corrected chi connectivity index (χ2v) is 10.1. The van der Waals surface area contributed by atoms with Crippen molar-refractivity contribution in [3.05, 3.63) is 107 Å². The van der Waals surface area contributed by atoms with Crippen molar-refractivity contribution in [1.82, 2.24) is 14.8 Å². The van der Waals surface area contributed by atoms with Crippen LogP contribution in [0.5, 0.6) is 5.88 Å². The van der Waals surface area contributed by atoms with Gasteiger partial charge in [-0.15, -0.1) is 0 Å². The molecule has 1 aliphatic carbocycles. The molecule has 1 aliphatic heterocycles. The van der Waals surface area contributed by atoms with Gasteiger partial charge in [0.15, 0.2) is 0 Å². The van der Waals surface area contributed by atoms with E-state index >= 15 is 0 Å². The summed E-state index contributed by atoms with van der Waals surface area (Å²) >= 11 is 0. The first-order chi connectivity index (χ1) is 17.7. The molecular weight excluding hydrogens is 444 g/mol. The summed E-state index contributed by atoms with van der Waals surface area (Å²) in [7, 11) is 0. The highest BCUT2D eigenvalue weighted by Crippen LogP contribution is 2.37. The minimum Gasteiger partial charge on any atom is -0.476 e. The summed E-state index contributed by atoms with van der Waals surface area (Å²) in [5.41, 5.74) is 13.4. The van der Waals surface area contributed by atoms with E-state index in [0.717, 1.165) is 56.5 Å². The van der Waals surface area contributed by atoms with Gasteiger partial charge in [-0.05, 0) is 47.2 Å². The SMILES string of the molecule is NC(COc1ccc2ccccc2n1)CN1CCN(C2c3ccccc3CCc3ccccc32)CC1. The number of piperazine rings is 1. The Morgan fingerprint density at radius 3 is 2.14 bits per heavy atom. The number of nitrogens with zero attached hydrogens (tertiary/aromatic N) is 3. The average molecular weight is 479 g/mol. The fraction of sp³-hybridized carbons (Fsp3) is 0.323. The van der Waals surface area contributed by atoms with Crippen LogP contribution in [0.3, 0.4) is 0 Å². The Kier molecular flexibility index (Phi) is 6.69. The van der Waals surface area contributed by atoms with E-state index < -0.39 is 0 Å². The lowest BCUT2D eigenvalue weighted by Gasteiger charge is -2.40. The van der Waals surface area contributed by atoms with Crippen molar-refractivity contribution in [2.24, 2.45) is 5.73 Å². The van der Waals surface area contributed by atoms with Crippen LogP contribution in [-0.2, 0) is 12.8 Å². The van der Waals surface area contributed by atoms with Gasteiger partial charge in [-0.3, -0.25) is 9.80 Å². The van der Waals surface area contributed by atoms with E-state index in [9.17, 15) is 0 Å². The summed E-state index contributed by atoms with van der Waals surface area (Å²) in [6.45, 7) is 5.40. The lowest BCUT2D eigenvalue weighted by Crippen LogP contribution is -2.51. The van der Waals surface area contributed by atoms with E-state index in [-0.39, 0.29) is 6.04 Å². The number of para-hydroxylation sites is 1. The molecule has 0 spiro atoms. The van der Waals surface area contributed by atoms with Crippen molar-refractivity contribution >= 4 is 10.9 Å². The second kappa shape index (κ2) is 10.4. The van der Waals surface area contributed by atoms with Crippen LogP contribution in [0.15, 0.2) is 84.9 Å². The molecular formula is C31H34N4O. The molecule has 184 valence electrons. The molecule has 1 atom stereocenters. The van der Waals surface area contributed by atoms with Crippen LogP contribution in [0.2, 0.25) is 0 Å². The third-order valence-electron chi connectivity index (χ3n) is 7.65. The molecule has 3 aromatic carbocycles.